The van der Waals surface area contributed by atoms with Gasteiger partial charge in [-0.25, -0.2) is 0 Å². The van der Waals surface area contributed by atoms with Crippen LogP contribution in [0.15, 0.2) is 42.6 Å². The van der Waals surface area contributed by atoms with E-state index in [-0.39, 0.29) is 18.3 Å². The maximum Gasteiger partial charge on any atom is 0.231 e. The highest BCUT2D eigenvalue weighted by molar-refractivity contribution is 5.85. The van der Waals surface area contributed by atoms with Crippen LogP contribution >= 0.6 is 12.4 Å². The summed E-state index contributed by atoms with van der Waals surface area (Å²) in [5.74, 6) is -0.272. The first kappa shape index (κ1) is 20.2. The molecule has 0 spiro atoms. The fourth-order valence-electron chi connectivity index (χ4n) is 3.17. The number of benzene rings is 1. The van der Waals surface area contributed by atoms with Crippen molar-refractivity contribution in [3.8, 4) is 11.3 Å². The number of carbonyl (C=O) groups excluding carboxylic acids is 1. The highest BCUT2D eigenvalue weighted by Gasteiger charge is 2.21. The van der Waals surface area contributed by atoms with Crippen molar-refractivity contribution in [2.45, 2.75) is 6.61 Å². The fourth-order valence-corrected chi connectivity index (χ4v) is 3.17. The van der Waals surface area contributed by atoms with Crippen molar-refractivity contribution in [3.63, 3.8) is 0 Å². The van der Waals surface area contributed by atoms with Crippen LogP contribution in [0.25, 0.3) is 11.3 Å². The number of piperazine rings is 1. The van der Waals surface area contributed by atoms with Gasteiger partial charge in [-0.15, -0.1) is 12.4 Å². The quantitative estimate of drug-likeness (QED) is 0.834. The zero-order valence-electron chi connectivity index (χ0n) is 14.9. The number of primary amides is 1. The number of pyridine rings is 1. The summed E-state index contributed by atoms with van der Waals surface area (Å²) in [7, 11) is 1.70. The highest BCUT2D eigenvalue weighted by atomic mass is 35.5. The molecule has 0 radical (unpaired) electrons. The van der Waals surface area contributed by atoms with Gasteiger partial charge in [-0.1, -0.05) is 24.3 Å². The van der Waals surface area contributed by atoms with Crippen molar-refractivity contribution in [1.29, 1.82) is 0 Å². The lowest BCUT2D eigenvalue weighted by Crippen LogP contribution is -2.49. The second-order valence-electron chi connectivity index (χ2n) is 6.23. The fraction of sp³-hybridized carbons (Fsp3) is 0.368. The number of amides is 1. The molecule has 0 aliphatic carbocycles. The third-order valence-electron chi connectivity index (χ3n) is 4.42. The molecule has 2 aromatic rings. The van der Waals surface area contributed by atoms with Gasteiger partial charge >= 0.3 is 0 Å². The molecule has 26 heavy (non-hydrogen) atoms. The number of nitrogens with zero attached hydrogens (tertiary/aromatic N) is 3. The zero-order chi connectivity index (χ0) is 17.6. The van der Waals surface area contributed by atoms with E-state index < -0.39 is 0 Å². The van der Waals surface area contributed by atoms with Crippen LogP contribution in [0, 0.1) is 0 Å². The first-order chi connectivity index (χ1) is 12.2. The molecule has 1 saturated heterocycles. The summed E-state index contributed by atoms with van der Waals surface area (Å²) in [6.45, 7) is 4.29. The molecule has 3 rings (SSSR count). The van der Waals surface area contributed by atoms with Crippen LogP contribution < -0.4 is 10.6 Å². The van der Waals surface area contributed by atoms with E-state index in [1.165, 1.54) is 0 Å². The summed E-state index contributed by atoms with van der Waals surface area (Å²) in [4.78, 5) is 20.1. The summed E-state index contributed by atoms with van der Waals surface area (Å²) in [5, 5.41) is 0. The number of methoxy groups -OCH3 is 1. The molecule has 1 fully saturated rings. The normalized spacial score (nSPS) is 14.7. The topological polar surface area (TPSA) is 71.7 Å². The van der Waals surface area contributed by atoms with Crippen molar-refractivity contribution in [2.75, 3.05) is 44.7 Å². The third kappa shape index (κ3) is 4.94. The van der Waals surface area contributed by atoms with Gasteiger partial charge in [0.05, 0.1) is 24.5 Å². The largest absolute Gasteiger partial charge is 0.380 e. The molecule has 0 unspecified atom stereocenters. The van der Waals surface area contributed by atoms with Gasteiger partial charge in [0.1, 0.15) is 0 Å². The molecular weight excluding hydrogens is 352 g/mol. The average molecular weight is 377 g/mol. The standard InChI is InChI=1S/C19H24N4O2.ClH/c1-25-14-15-4-6-16(7-5-15)19-17(3-2-8-21-19)23-11-9-22(10-12-23)13-18(20)24;/h2-8H,9-14H2,1H3,(H2,20,24);1H. The van der Waals surface area contributed by atoms with Gasteiger partial charge in [0.25, 0.3) is 0 Å². The molecule has 2 heterocycles. The van der Waals surface area contributed by atoms with E-state index in [2.05, 4.69) is 45.1 Å². The lowest BCUT2D eigenvalue weighted by Gasteiger charge is -2.36. The van der Waals surface area contributed by atoms with E-state index in [0.29, 0.717) is 13.2 Å². The smallest absolute Gasteiger partial charge is 0.231 e. The van der Waals surface area contributed by atoms with Crippen molar-refractivity contribution in [3.05, 3.63) is 48.2 Å². The van der Waals surface area contributed by atoms with E-state index in [9.17, 15) is 4.79 Å². The zero-order valence-corrected chi connectivity index (χ0v) is 15.7. The van der Waals surface area contributed by atoms with Crippen molar-refractivity contribution in [2.24, 2.45) is 5.73 Å². The van der Waals surface area contributed by atoms with Gasteiger partial charge in [0.2, 0.25) is 5.91 Å². The maximum atomic E-state index is 11.1. The Morgan fingerprint density at radius 1 is 1.15 bits per heavy atom. The molecule has 6 nitrogen and oxygen atoms in total. The molecule has 0 bridgehead atoms. The molecule has 0 saturated carbocycles. The second kappa shape index (κ2) is 9.52. The summed E-state index contributed by atoms with van der Waals surface area (Å²) in [6.07, 6.45) is 1.82. The number of aromatic nitrogens is 1. The van der Waals surface area contributed by atoms with Gasteiger partial charge in [-0.3, -0.25) is 14.7 Å². The van der Waals surface area contributed by atoms with Crippen LogP contribution in [-0.2, 0) is 16.1 Å². The van der Waals surface area contributed by atoms with Crippen LogP contribution in [0.4, 0.5) is 5.69 Å². The summed E-state index contributed by atoms with van der Waals surface area (Å²) < 4.78 is 5.17. The monoisotopic (exact) mass is 376 g/mol. The van der Waals surface area contributed by atoms with E-state index in [1.807, 2.05) is 12.3 Å². The van der Waals surface area contributed by atoms with Crippen molar-refractivity contribution < 1.29 is 9.53 Å². The van der Waals surface area contributed by atoms with Gasteiger partial charge in [0, 0.05) is 45.0 Å². The molecule has 0 atom stereocenters. The predicted octanol–water partition coefficient (Wildman–Crippen LogP) is 1.92. The van der Waals surface area contributed by atoms with Crippen LogP contribution in [0.2, 0.25) is 0 Å². The SMILES string of the molecule is COCc1ccc(-c2ncccc2N2CCN(CC(N)=O)CC2)cc1.Cl. The number of rotatable bonds is 6. The van der Waals surface area contributed by atoms with Crippen LogP contribution in [0.3, 0.4) is 0 Å². The average Bonchev–Trinajstić information content (AvgIpc) is 2.63. The number of nitrogens with two attached hydrogens (primary N) is 1. The number of hydrogen-bond donors (Lipinski definition) is 1. The Labute approximate surface area is 160 Å². The lowest BCUT2D eigenvalue weighted by molar-refractivity contribution is -0.119. The van der Waals surface area contributed by atoms with Crippen LogP contribution in [-0.4, -0.2) is 55.6 Å². The van der Waals surface area contributed by atoms with Crippen molar-refractivity contribution in [1.82, 2.24) is 9.88 Å². The highest BCUT2D eigenvalue weighted by Crippen LogP contribution is 2.29. The number of ether oxygens (including phenoxy) is 1. The molecule has 140 valence electrons. The Morgan fingerprint density at radius 3 is 2.46 bits per heavy atom. The Morgan fingerprint density at radius 2 is 1.85 bits per heavy atom. The third-order valence-corrected chi connectivity index (χ3v) is 4.42. The van der Waals surface area contributed by atoms with Crippen LogP contribution in [0.5, 0.6) is 0 Å². The minimum Gasteiger partial charge on any atom is -0.380 e. The molecule has 1 aliphatic rings. The van der Waals surface area contributed by atoms with E-state index in [0.717, 1.165) is 48.7 Å². The molecule has 1 aromatic carbocycles. The van der Waals surface area contributed by atoms with Gasteiger partial charge in [-0.05, 0) is 17.7 Å². The lowest BCUT2D eigenvalue weighted by atomic mass is 10.1. The maximum absolute atomic E-state index is 11.1. The van der Waals surface area contributed by atoms with Gasteiger partial charge < -0.3 is 15.4 Å². The minimum atomic E-state index is -0.272. The number of hydrogen-bond acceptors (Lipinski definition) is 5. The first-order valence-electron chi connectivity index (χ1n) is 8.46. The molecule has 1 aromatic heterocycles. The van der Waals surface area contributed by atoms with Gasteiger partial charge in [0.15, 0.2) is 0 Å². The number of halogens is 1. The summed E-state index contributed by atoms with van der Waals surface area (Å²) >= 11 is 0. The van der Waals surface area contributed by atoms with Gasteiger partial charge in [-0.2, -0.15) is 0 Å². The summed E-state index contributed by atoms with van der Waals surface area (Å²) in [5.41, 5.74) is 9.63. The van der Waals surface area contributed by atoms with E-state index in [4.69, 9.17) is 10.5 Å². The minimum absolute atomic E-state index is 0. The predicted molar refractivity (Wildman–Crippen MR) is 105 cm³/mol. The Balaban J connectivity index is 0.00000243. The van der Waals surface area contributed by atoms with Crippen LogP contribution in [0.1, 0.15) is 5.56 Å². The molecule has 2 N–H and O–H groups in total. The molecular formula is C19H25ClN4O2. The summed E-state index contributed by atoms with van der Waals surface area (Å²) in [6, 6.07) is 12.4. The van der Waals surface area contributed by atoms with E-state index in [1.54, 1.807) is 7.11 Å². The molecule has 1 amide bonds. The van der Waals surface area contributed by atoms with E-state index >= 15 is 0 Å². The molecule has 7 heteroatoms. The first-order valence-corrected chi connectivity index (χ1v) is 8.46. The Bertz CT molecular complexity index is 716. The Hall–Kier alpha value is -2.15. The number of anilines is 1. The van der Waals surface area contributed by atoms with Crippen molar-refractivity contribution >= 4 is 24.0 Å². The Kier molecular flexibility index (Phi) is 7.38. The number of carbonyl (C=O) groups is 1. The second-order valence-corrected chi connectivity index (χ2v) is 6.23. The molecule has 1 aliphatic heterocycles.